The van der Waals surface area contributed by atoms with Gasteiger partial charge in [-0.25, -0.2) is 0 Å². The van der Waals surface area contributed by atoms with E-state index >= 15 is 0 Å². The van der Waals surface area contributed by atoms with Crippen molar-refractivity contribution in [1.29, 1.82) is 0 Å². The lowest BCUT2D eigenvalue weighted by Gasteiger charge is -2.29. The highest BCUT2D eigenvalue weighted by atomic mass is 32.2. The summed E-state index contributed by atoms with van der Waals surface area (Å²) in [5.74, 6) is 3.95. The average molecular weight is 294 g/mol. The van der Waals surface area contributed by atoms with Crippen LogP contribution in [0.15, 0.2) is 18.2 Å². The molecule has 1 heterocycles. The molecule has 1 fully saturated rings. The van der Waals surface area contributed by atoms with Gasteiger partial charge in [-0.3, -0.25) is 0 Å². The van der Waals surface area contributed by atoms with E-state index in [1.54, 1.807) is 11.1 Å². The SMILES string of the molecule is CNC(Cc1ccc2c(c1)CCC2)C1CSCCS1. The number of thioether (sulfide) groups is 2. The van der Waals surface area contributed by atoms with Crippen LogP contribution in [0.5, 0.6) is 0 Å². The van der Waals surface area contributed by atoms with Crippen LogP contribution >= 0.6 is 23.5 Å². The Morgan fingerprint density at radius 3 is 2.95 bits per heavy atom. The lowest BCUT2D eigenvalue weighted by Crippen LogP contribution is -2.40. The Morgan fingerprint density at radius 1 is 1.26 bits per heavy atom. The van der Waals surface area contributed by atoms with Crippen molar-refractivity contribution in [2.45, 2.75) is 37.0 Å². The summed E-state index contributed by atoms with van der Waals surface area (Å²) in [6, 6.07) is 7.81. The predicted octanol–water partition coefficient (Wildman–Crippen LogP) is 3.15. The van der Waals surface area contributed by atoms with Gasteiger partial charge in [-0.05, 0) is 49.4 Å². The number of fused-ring (bicyclic) bond motifs is 1. The minimum absolute atomic E-state index is 0.622. The standard InChI is InChI=1S/C16H23NS2/c1-17-15(16-11-18-7-8-19-16)10-12-5-6-13-3-2-4-14(13)9-12/h5-6,9,15-17H,2-4,7-8,10-11H2,1H3. The molecule has 0 spiro atoms. The molecule has 1 saturated heterocycles. The third-order valence-electron chi connectivity index (χ3n) is 4.28. The molecule has 1 aliphatic heterocycles. The zero-order valence-corrected chi connectivity index (χ0v) is 13.3. The van der Waals surface area contributed by atoms with Crippen LogP contribution < -0.4 is 5.32 Å². The second-order valence-electron chi connectivity index (χ2n) is 5.54. The van der Waals surface area contributed by atoms with Crippen LogP contribution in [0.2, 0.25) is 0 Å². The summed E-state index contributed by atoms with van der Waals surface area (Å²) >= 11 is 4.27. The van der Waals surface area contributed by atoms with E-state index in [0.717, 1.165) is 5.25 Å². The Kier molecular flexibility index (Phi) is 4.78. The van der Waals surface area contributed by atoms with Crippen molar-refractivity contribution in [1.82, 2.24) is 5.32 Å². The molecule has 0 saturated carbocycles. The van der Waals surface area contributed by atoms with Crippen LogP contribution in [-0.2, 0) is 19.3 Å². The lowest BCUT2D eigenvalue weighted by atomic mass is 9.99. The van der Waals surface area contributed by atoms with Gasteiger partial charge in [0, 0.05) is 28.6 Å². The van der Waals surface area contributed by atoms with Gasteiger partial charge in [0.05, 0.1) is 0 Å². The number of aryl methyl sites for hydroxylation is 2. The van der Waals surface area contributed by atoms with E-state index in [-0.39, 0.29) is 0 Å². The number of nitrogens with one attached hydrogen (secondary N) is 1. The third kappa shape index (κ3) is 3.32. The number of hydrogen-bond acceptors (Lipinski definition) is 3. The molecule has 2 unspecified atom stereocenters. The first-order chi connectivity index (χ1) is 9.36. The summed E-state index contributed by atoms with van der Waals surface area (Å²) in [6.07, 6.45) is 5.12. The molecule has 1 aromatic rings. The average Bonchev–Trinajstić information content (AvgIpc) is 2.93. The fourth-order valence-corrected chi connectivity index (χ4v) is 6.09. The Balaban J connectivity index is 1.68. The third-order valence-corrected chi connectivity index (χ3v) is 7.20. The van der Waals surface area contributed by atoms with E-state index in [0.29, 0.717) is 6.04 Å². The molecule has 3 rings (SSSR count). The van der Waals surface area contributed by atoms with Crippen LogP contribution in [0.3, 0.4) is 0 Å². The van der Waals surface area contributed by atoms with Crippen molar-refractivity contribution in [2.24, 2.45) is 0 Å². The van der Waals surface area contributed by atoms with Crippen molar-refractivity contribution < 1.29 is 0 Å². The first kappa shape index (κ1) is 13.8. The quantitative estimate of drug-likeness (QED) is 0.916. The van der Waals surface area contributed by atoms with Crippen LogP contribution in [0.25, 0.3) is 0 Å². The van der Waals surface area contributed by atoms with E-state index in [1.807, 2.05) is 0 Å². The Labute approximate surface area is 125 Å². The van der Waals surface area contributed by atoms with Crippen molar-refractivity contribution in [3.63, 3.8) is 0 Å². The van der Waals surface area contributed by atoms with Crippen LogP contribution in [0, 0.1) is 0 Å². The minimum Gasteiger partial charge on any atom is -0.316 e. The number of benzene rings is 1. The first-order valence-electron chi connectivity index (χ1n) is 7.34. The monoisotopic (exact) mass is 293 g/mol. The highest BCUT2D eigenvalue weighted by Gasteiger charge is 2.24. The summed E-state index contributed by atoms with van der Waals surface area (Å²) in [4.78, 5) is 0. The van der Waals surface area contributed by atoms with Gasteiger partial charge in [-0.15, -0.1) is 0 Å². The van der Waals surface area contributed by atoms with Gasteiger partial charge < -0.3 is 5.32 Å². The number of hydrogen-bond donors (Lipinski definition) is 1. The smallest absolute Gasteiger partial charge is 0.0295 e. The maximum absolute atomic E-state index is 3.55. The second kappa shape index (κ2) is 6.55. The Hall–Kier alpha value is -0.120. The molecule has 0 amide bonds. The highest BCUT2D eigenvalue weighted by molar-refractivity contribution is 8.06. The van der Waals surface area contributed by atoms with Gasteiger partial charge in [-0.2, -0.15) is 23.5 Å². The van der Waals surface area contributed by atoms with Crippen molar-refractivity contribution in [3.8, 4) is 0 Å². The highest BCUT2D eigenvalue weighted by Crippen LogP contribution is 2.29. The van der Waals surface area contributed by atoms with Gasteiger partial charge >= 0.3 is 0 Å². The van der Waals surface area contributed by atoms with E-state index in [1.165, 1.54) is 48.5 Å². The zero-order chi connectivity index (χ0) is 13.1. The van der Waals surface area contributed by atoms with E-state index < -0.39 is 0 Å². The predicted molar refractivity (Wildman–Crippen MR) is 88.6 cm³/mol. The normalized spacial score (nSPS) is 24.2. The Morgan fingerprint density at radius 2 is 2.16 bits per heavy atom. The number of rotatable bonds is 4. The van der Waals surface area contributed by atoms with E-state index in [9.17, 15) is 0 Å². The zero-order valence-electron chi connectivity index (χ0n) is 11.7. The van der Waals surface area contributed by atoms with Crippen molar-refractivity contribution in [3.05, 3.63) is 34.9 Å². The van der Waals surface area contributed by atoms with Gasteiger partial charge in [0.25, 0.3) is 0 Å². The molecular formula is C16H23NS2. The molecule has 0 aromatic heterocycles. The van der Waals surface area contributed by atoms with Crippen molar-refractivity contribution in [2.75, 3.05) is 24.3 Å². The molecule has 0 bridgehead atoms. The molecule has 1 nitrogen and oxygen atoms in total. The lowest BCUT2D eigenvalue weighted by molar-refractivity contribution is 0.557. The Bertz CT molecular complexity index is 427. The minimum atomic E-state index is 0.622. The summed E-state index contributed by atoms with van der Waals surface area (Å²) in [7, 11) is 2.12. The van der Waals surface area contributed by atoms with Crippen LogP contribution in [0.4, 0.5) is 0 Å². The van der Waals surface area contributed by atoms with E-state index in [2.05, 4.69) is 54.1 Å². The van der Waals surface area contributed by atoms with Crippen LogP contribution in [-0.4, -0.2) is 35.6 Å². The van der Waals surface area contributed by atoms with Gasteiger partial charge in [0.2, 0.25) is 0 Å². The molecule has 19 heavy (non-hydrogen) atoms. The van der Waals surface area contributed by atoms with E-state index in [4.69, 9.17) is 0 Å². The topological polar surface area (TPSA) is 12.0 Å². The summed E-state index contributed by atoms with van der Waals surface area (Å²) in [6.45, 7) is 0. The maximum Gasteiger partial charge on any atom is 0.0295 e. The molecule has 104 valence electrons. The largest absolute Gasteiger partial charge is 0.316 e. The fraction of sp³-hybridized carbons (Fsp3) is 0.625. The molecule has 1 N–H and O–H groups in total. The van der Waals surface area contributed by atoms with Gasteiger partial charge in [0.1, 0.15) is 0 Å². The molecule has 1 aliphatic carbocycles. The first-order valence-corrected chi connectivity index (χ1v) is 9.54. The summed E-state index contributed by atoms with van der Waals surface area (Å²) < 4.78 is 0. The molecular weight excluding hydrogens is 270 g/mol. The summed E-state index contributed by atoms with van der Waals surface area (Å²) in [5, 5.41) is 4.33. The summed E-state index contributed by atoms with van der Waals surface area (Å²) in [5.41, 5.74) is 4.72. The van der Waals surface area contributed by atoms with Gasteiger partial charge in [0.15, 0.2) is 0 Å². The number of likely N-dealkylation sites (N-methyl/N-ethyl adjacent to an activating group) is 1. The molecule has 2 atom stereocenters. The van der Waals surface area contributed by atoms with Crippen molar-refractivity contribution >= 4 is 23.5 Å². The molecule has 2 aliphatic rings. The van der Waals surface area contributed by atoms with Crippen LogP contribution in [0.1, 0.15) is 23.1 Å². The molecule has 1 aromatic carbocycles. The fourth-order valence-electron chi connectivity index (χ4n) is 3.16. The second-order valence-corrected chi connectivity index (χ2v) is 8.04. The maximum atomic E-state index is 3.55. The molecule has 3 heteroatoms. The molecule has 0 radical (unpaired) electrons. The van der Waals surface area contributed by atoms with Gasteiger partial charge in [-0.1, -0.05) is 18.2 Å².